The van der Waals surface area contributed by atoms with Gasteiger partial charge < -0.3 is 19.5 Å². The molecule has 16 heavy (non-hydrogen) atoms. The van der Waals surface area contributed by atoms with Gasteiger partial charge in [0.15, 0.2) is 0 Å². The van der Waals surface area contributed by atoms with E-state index >= 15 is 0 Å². The van der Waals surface area contributed by atoms with Crippen LogP contribution in [0.15, 0.2) is 0 Å². The highest BCUT2D eigenvalue weighted by atomic mass is 16.5. The molecule has 0 spiro atoms. The molecule has 1 unspecified atom stereocenters. The van der Waals surface area contributed by atoms with Gasteiger partial charge in [0, 0.05) is 20.8 Å². The second-order valence-electron chi connectivity index (χ2n) is 3.28. The van der Waals surface area contributed by atoms with Crippen LogP contribution in [0, 0.1) is 0 Å². The van der Waals surface area contributed by atoms with Gasteiger partial charge in [0.25, 0.3) is 5.91 Å². The predicted molar refractivity (Wildman–Crippen MR) is 57.2 cm³/mol. The van der Waals surface area contributed by atoms with Crippen molar-refractivity contribution in [3.8, 4) is 0 Å². The molecule has 6 heteroatoms. The molecule has 0 heterocycles. The van der Waals surface area contributed by atoms with Crippen LogP contribution in [-0.2, 0) is 19.1 Å². The number of ether oxygens (including phenoxy) is 2. The van der Waals surface area contributed by atoms with Gasteiger partial charge in [-0.2, -0.15) is 0 Å². The minimum absolute atomic E-state index is 0.251. The summed E-state index contributed by atoms with van der Waals surface area (Å²) in [6.45, 7) is 2.03. The van der Waals surface area contributed by atoms with Crippen LogP contribution in [0.4, 0.5) is 0 Å². The number of carbonyl (C=O) groups is 2. The van der Waals surface area contributed by atoms with E-state index in [4.69, 9.17) is 14.6 Å². The first-order chi connectivity index (χ1) is 7.56. The highest BCUT2D eigenvalue weighted by Crippen LogP contribution is 2.03. The molecule has 0 rings (SSSR count). The Kier molecular flexibility index (Phi) is 7.49. The van der Waals surface area contributed by atoms with Gasteiger partial charge in [0.2, 0.25) is 0 Å². The number of nitrogens with zero attached hydrogens (tertiary/aromatic N) is 1. The third-order valence-corrected chi connectivity index (χ3v) is 2.13. The highest BCUT2D eigenvalue weighted by Gasteiger charge is 2.23. The standard InChI is InChI=1S/C10H19NO5/c1-4-8(16-3)10(14)11(5-6-15-2)7-9(12)13/h8H,4-7H2,1-3H3,(H,12,13). The molecule has 94 valence electrons. The molecule has 1 amide bonds. The molecular formula is C10H19NO5. The average Bonchev–Trinajstić information content (AvgIpc) is 2.25. The largest absolute Gasteiger partial charge is 0.480 e. The van der Waals surface area contributed by atoms with Crippen molar-refractivity contribution in [2.75, 3.05) is 33.9 Å². The summed E-state index contributed by atoms with van der Waals surface area (Å²) in [7, 11) is 2.93. The Balaban J connectivity index is 4.46. The summed E-state index contributed by atoms with van der Waals surface area (Å²) in [6, 6.07) is 0. The molecule has 0 aliphatic carbocycles. The molecule has 0 aromatic carbocycles. The molecule has 0 aromatic rings. The Labute approximate surface area is 95.1 Å². The fourth-order valence-electron chi connectivity index (χ4n) is 1.28. The van der Waals surface area contributed by atoms with E-state index in [1.54, 1.807) is 6.92 Å². The van der Waals surface area contributed by atoms with E-state index in [1.807, 2.05) is 0 Å². The van der Waals surface area contributed by atoms with Crippen LogP contribution in [0.5, 0.6) is 0 Å². The first-order valence-corrected chi connectivity index (χ1v) is 5.09. The quantitative estimate of drug-likeness (QED) is 0.637. The molecule has 0 bridgehead atoms. The topological polar surface area (TPSA) is 76.1 Å². The third kappa shape index (κ3) is 5.09. The summed E-state index contributed by atoms with van der Waals surface area (Å²) < 4.78 is 9.80. The van der Waals surface area contributed by atoms with Crippen molar-refractivity contribution in [3.63, 3.8) is 0 Å². The zero-order chi connectivity index (χ0) is 12.6. The molecule has 1 atom stereocenters. The van der Waals surface area contributed by atoms with Gasteiger partial charge in [-0.25, -0.2) is 0 Å². The second kappa shape index (κ2) is 8.06. The zero-order valence-corrected chi connectivity index (χ0v) is 9.93. The molecule has 0 radical (unpaired) electrons. The van der Waals surface area contributed by atoms with Crippen LogP contribution in [0.3, 0.4) is 0 Å². The maximum Gasteiger partial charge on any atom is 0.323 e. The van der Waals surface area contributed by atoms with E-state index in [2.05, 4.69) is 0 Å². The van der Waals surface area contributed by atoms with Gasteiger partial charge in [-0.1, -0.05) is 6.92 Å². The Morgan fingerprint density at radius 1 is 1.38 bits per heavy atom. The van der Waals surface area contributed by atoms with Crippen LogP contribution < -0.4 is 0 Å². The van der Waals surface area contributed by atoms with Crippen LogP contribution in [0.25, 0.3) is 0 Å². The molecule has 0 aliphatic heterocycles. The Bertz CT molecular complexity index is 227. The maximum atomic E-state index is 11.8. The fourth-order valence-corrected chi connectivity index (χ4v) is 1.28. The normalized spacial score (nSPS) is 12.2. The lowest BCUT2D eigenvalue weighted by Crippen LogP contribution is -2.44. The summed E-state index contributed by atoms with van der Waals surface area (Å²) in [6.07, 6.45) is -0.0745. The highest BCUT2D eigenvalue weighted by molar-refractivity contribution is 5.84. The number of hydrogen-bond acceptors (Lipinski definition) is 4. The minimum atomic E-state index is -1.05. The molecule has 0 saturated heterocycles. The molecule has 6 nitrogen and oxygen atoms in total. The van der Waals surface area contributed by atoms with Crippen LogP contribution in [-0.4, -0.2) is 61.9 Å². The number of rotatable bonds is 8. The lowest BCUT2D eigenvalue weighted by Gasteiger charge is -2.24. The van der Waals surface area contributed by atoms with Gasteiger partial charge in [0.1, 0.15) is 12.6 Å². The maximum absolute atomic E-state index is 11.8. The lowest BCUT2D eigenvalue weighted by atomic mass is 10.2. The van der Waals surface area contributed by atoms with Crippen molar-refractivity contribution in [2.45, 2.75) is 19.4 Å². The van der Waals surface area contributed by atoms with Crippen molar-refractivity contribution in [2.24, 2.45) is 0 Å². The van der Waals surface area contributed by atoms with Crippen molar-refractivity contribution in [3.05, 3.63) is 0 Å². The van der Waals surface area contributed by atoms with Gasteiger partial charge in [-0.3, -0.25) is 9.59 Å². The molecule has 1 N–H and O–H groups in total. The fraction of sp³-hybridized carbons (Fsp3) is 0.800. The molecule has 0 saturated carbocycles. The monoisotopic (exact) mass is 233 g/mol. The van der Waals surface area contributed by atoms with Crippen molar-refractivity contribution < 1.29 is 24.2 Å². The summed E-state index contributed by atoms with van der Waals surface area (Å²) >= 11 is 0. The molecule has 0 aromatic heterocycles. The van der Waals surface area contributed by atoms with E-state index in [-0.39, 0.29) is 19.0 Å². The van der Waals surface area contributed by atoms with Gasteiger partial charge in [-0.05, 0) is 6.42 Å². The molecular weight excluding hydrogens is 214 g/mol. The Hall–Kier alpha value is -1.14. The average molecular weight is 233 g/mol. The number of carboxylic acids is 1. The first-order valence-electron chi connectivity index (χ1n) is 5.09. The van der Waals surface area contributed by atoms with Crippen LogP contribution >= 0.6 is 0 Å². The number of carboxylic acid groups (broad SMARTS) is 1. The lowest BCUT2D eigenvalue weighted by molar-refractivity contribution is -0.150. The molecule has 0 aliphatic rings. The molecule has 0 fully saturated rings. The van der Waals surface area contributed by atoms with Crippen LogP contribution in [0.2, 0.25) is 0 Å². The predicted octanol–water partition coefficient (Wildman–Crippen LogP) is -0.0290. The van der Waals surface area contributed by atoms with Crippen molar-refractivity contribution >= 4 is 11.9 Å². The number of methoxy groups -OCH3 is 2. The third-order valence-electron chi connectivity index (χ3n) is 2.13. The van der Waals surface area contributed by atoms with Crippen molar-refractivity contribution in [1.29, 1.82) is 0 Å². The SMILES string of the molecule is CCC(OC)C(=O)N(CCOC)CC(=O)O. The summed E-state index contributed by atoms with van der Waals surface area (Å²) in [4.78, 5) is 23.7. The van der Waals surface area contributed by atoms with E-state index in [0.717, 1.165) is 0 Å². The number of carbonyl (C=O) groups excluding carboxylic acids is 1. The Morgan fingerprint density at radius 3 is 2.38 bits per heavy atom. The van der Waals surface area contributed by atoms with E-state index in [1.165, 1.54) is 19.1 Å². The van der Waals surface area contributed by atoms with Crippen LogP contribution in [0.1, 0.15) is 13.3 Å². The zero-order valence-electron chi connectivity index (χ0n) is 9.93. The van der Waals surface area contributed by atoms with Gasteiger partial charge in [0.05, 0.1) is 6.61 Å². The summed E-state index contributed by atoms with van der Waals surface area (Å²) in [5, 5.41) is 8.68. The summed E-state index contributed by atoms with van der Waals surface area (Å²) in [5.74, 6) is -1.36. The van der Waals surface area contributed by atoms with Gasteiger partial charge >= 0.3 is 5.97 Å². The second-order valence-corrected chi connectivity index (χ2v) is 3.28. The summed E-state index contributed by atoms with van der Waals surface area (Å²) in [5.41, 5.74) is 0. The van der Waals surface area contributed by atoms with Crippen molar-refractivity contribution in [1.82, 2.24) is 4.90 Å². The van der Waals surface area contributed by atoms with E-state index < -0.39 is 12.1 Å². The first kappa shape index (κ1) is 14.9. The number of hydrogen-bond donors (Lipinski definition) is 1. The van der Waals surface area contributed by atoms with Gasteiger partial charge in [-0.15, -0.1) is 0 Å². The minimum Gasteiger partial charge on any atom is -0.480 e. The number of amides is 1. The Morgan fingerprint density at radius 2 is 2.00 bits per heavy atom. The smallest absolute Gasteiger partial charge is 0.323 e. The van der Waals surface area contributed by atoms with E-state index in [9.17, 15) is 9.59 Å². The van der Waals surface area contributed by atoms with E-state index in [0.29, 0.717) is 13.0 Å². The number of aliphatic carboxylic acids is 1.